The van der Waals surface area contributed by atoms with Crippen LogP contribution in [0, 0.1) is 28.5 Å². The lowest BCUT2D eigenvalue weighted by molar-refractivity contribution is -0.0594. The number of rotatable bonds is 2. The van der Waals surface area contributed by atoms with Crippen molar-refractivity contribution in [1.82, 2.24) is 0 Å². The van der Waals surface area contributed by atoms with Crippen molar-refractivity contribution < 1.29 is 9.50 Å². The molecular weight excluding hydrogens is 253 g/mol. The Morgan fingerprint density at radius 2 is 2.25 bits per heavy atom. The summed E-state index contributed by atoms with van der Waals surface area (Å²) in [4.78, 5) is 0. The predicted octanol–water partition coefficient (Wildman–Crippen LogP) is 3.68. The first kappa shape index (κ1) is 13.6. The number of nitrogens with zero attached hydrogens (tertiary/aromatic N) is 1. The SMILES string of the molecule is CCC1CCC(C#N)(C2(O)CCc3c(F)cccc32)C1. The smallest absolute Gasteiger partial charge is 0.126 e. The molecule has 1 fully saturated rings. The van der Waals surface area contributed by atoms with Crippen LogP contribution in [0.4, 0.5) is 4.39 Å². The number of hydrogen-bond donors (Lipinski definition) is 1. The number of aliphatic hydroxyl groups is 1. The Morgan fingerprint density at radius 3 is 2.90 bits per heavy atom. The van der Waals surface area contributed by atoms with Gasteiger partial charge in [-0.1, -0.05) is 25.5 Å². The molecular formula is C17H20FNO. The highest BCUT2D eigenvalue weighted by Crippen LogP contribution is 2.58. The average molecular weight is 273 g/mol. The maximum absolute atomic E-state index is 13.9. The fraction of sp³-hybridized carbons (Fsp3) is 0.588. The van der Waals surface area contributed by atoms with Gasteiger partial charge >= 0.3 is 0 Å². The van der Waals surface area contributed by atoms with E-state index < -0.39 is 11.0 Å². The molecule has 2 nitrogen and oxygen atoms in total. The van der Waals surface area contributed by atoms with Gasteiger partial charge in [0.15, 0.2) is 0 Å². The zero-order chi connectivity index (χ0) is 14.4. The number of benzene rings is 1. The molecule has 2 aliphatic rings. The molecule has 0 heterocycles. The van der Waals surface area contributed by atoms with Crippen LogP contribution in [0.3, 0.4) is 0 Å². The summed E-state index contributed by atoms with van der Waals surface area (Å²) in [5.41, 5.74) is -0.670. The second kappa shape index (κ2) is 4.56. The summed E-state index contributed by atoms with van der Waals surface area (Å²) < 4.78 is 13.9. The Balaban J connectivity index is 2.07. The van der Waals surface area contributed by atoms with Gasteiger partial charge in [-0.15, -0.1) is 0 Å². The van der Waals surface area contributed by atoms with Crippen molar-refractivity contribution >= 4 is 0 Å². The Morgan fingerprint density at radius 1 is 1.45 bits per heavy atom. The molecule has 1 aromatic carbocycles. The van der Waals surface area contributed by atoms with E-state index in [0.29, 0.717) is 36.3 Å². The first-order valence-corrected chi connectivity index (χ1v) is 7.48. The molecule has 3 heteroatoms. The zero-order valence-electron chi connectivity index (χ0n) is 11.8. The largest absolute Gasteiger partial charge is 0.383 e. The molecule has 0 bridgehead atoms. The van der Waals surface area contributed by atoms with Gasteiger partial charge in [-0.05, 0) is 55.2 Å². The van der Waals surface area contributed by atoms with E-state index in [1.807, 2.05) is 0 Å². The van der Waals surface area contributed by atoms with E-state index in [2.05, 4.69) is 13.0 Å². The second-order valence-corrected chi connectivity index (χ2v) is 6.34. The fourth-order valence-corrected chi connectivity index (χ4v) is 4.20. The van der Waals surface area contributed by atoms with E-state index in [1.165, 1.54) is 6.07 Å². The van der Waals surface area contributed by atoms with Crippen molar-refractivity contribution in [2.24, 2.45) is 11.3 Å². The lowest BCUT2D eigenvalue weighted by Gasteiger charge is -2.38. The summed E-state index contributed by atoms with van der Waals surface area (Å²) in [6.45, 7) is 2.13. The van der Waals surface area contributed by atoms with Crippen LogP contribution >= 0.6 is 0 Å². The van der Waals surface area contributed by atoms with Gasteiger partial charge in [0.2, 0.25) is 0 Å². The van der Waals surface area contributed by atoms with Crippen molar-refractivity contribution in [1.29, 1.82) is 5.26 Å². The van der Waals surface area contributed by atoms with Gasteiger partial charge in [-0.25, -0.2) is 4.39 Å². The maximum Gasteiger partial charge on any atom is 0.126 e. The Bertz CT molecular complexity index is 579. The van der Waals surface area contributed by atoms with Gasteiger partial charge in [0.1, 0.15) is 11.4 Å². The third kappa shape index (κ3) is 1.64. The fourth-order valence-electron chi connectivity index (χ4n) is 4.20. The van der Waals surface area contributed by atoms with Crippen molar-refractivity contribution in [2.75, 3.05) is 0 Å². The van der Waals surface area contributed by atoms with Crippen LogP contribution in [0.2, 0.25) is 0 Å². The van der Waals surface area contributed by atoms with Gasteiger partial charge < -0.3 is 5.11 Å². The van der Waals surface area contributed by atoms with Crippen molar-refractivity contribution in [3.63, 3.8) is 0 Å². The van der Waals surface area contributed by atoms with Gasteiger partial charge in [-0.2, -0.15) is 5.26 Å². The minimum Gasteiger partial charge on any atom is -0.383 e. The summed E-state index contributed by atoms with van der Waals surface area (Å²) in [5, 5.41) is 21.0. The summed E-state index contributed by atoms with van der Waals surface area (Å²) in [7, 11) is 0. The summed E-state index contributed by atoms with van der Waals surface area (Å²) >= 11 is 0. The molecule has 2 aliphatic carbocycles. The normalized spacial score (nSPS) is 35.8. The highest BCUT2D eigenvalue weighted by atomic mass is 19.1. The summed E-state index contributed by atoms with van der Waals surface area (Å²) in [6, 6.07) is 7.29. The van der Waals surface area contributed by atoms with Crippen LogP contribution in [-0.2, 0) is 12.0 Å². The van der Waals surface area contributed by atoms with Crippen molar-refractivity contribution in [2.45, 2.75) is 51.0 Å². The Labute approximate surface area is 119 Å². The molecule has 1 N–H and O–H groups in total. The first-order valence-electron chi connectivity index (χ1n) is 7.48. The molecule has 0 saturated heterocycles. The van der Waals surface area contributed by atoms with E-state index in [4.69, 9.17) is 0 Å². The first-order chi connectivity index (χ1) is 9.56. The van der Waals surface area contributed by atoms with E-state index in [-0.39, 0.29) is 5.82 Å². The van der Waals surface area contributed by atoms with Gasteiger partial charge in [-0.3, -0.25) is 0 Å². The monoisotopic (exact) mass is 273 g/mol. The molecule has 0 amide bonds. The molecule has 0 aliphatic heterocycles. The van der Waals surface area contributed by atoms with Crippen LogP contribution in [0.1, 0.15) is 50.2 Å². The lowest BCUT2D eigenvalue weighted by Crippen LogP contribution is -2.42. The highest BCUT2D eigenvalue weighted by Gasteiger charge is 2.57. The van der Waals surface area contributed by atoms with Gasteiger partial charge in [0, 0.05) is 0 Å². The molecule has 106 valence electrons. The van der Waals surface area contributed by atoms with Crippen LogP contribution in [0.25, 0.3) is 0 Å². The molecule has 0 spiro atoms. The molecule has 1 aromatic rings. The minimum absolute atomic E-state index is 0.253. The molecule has 3 rings (SSSR count). The maximum atomic E-state index is 13.9. The number of hydrogen-bond acceptors (Lipinski definition) is 2. The quantitative estimate of drug-likeness (QED) is 0.893. The van der Waals surface area contributed by atoms with Gasteiger partial charge in [0.05, 0.1) is 11.5 Å². The van der Waals surface area contributed by atoms with Crippen molar-refractivity contribution in [3.05, 3.63) is 35.1 Å². The third-order valence-electron chi connectivity index (χ3n) is 5.50. The van der Waals surface area contributed by atoms with Crippen LogP contribution in [-0.4, -0.2) is 5.11 Å². The Kier molecular flexibility index (Phi) is 3.10. The third-order valence-corrected chi connectivity index (χ3v) is 5.50. The van der Waals surface area contributed by atoms with E-state index >= 15 is 0 Å². The number of fused-ring (bicyclic) bond motifs is 1. The summed E-state index contributed by atoms with van der Waals surface area (Å²) in [6.07, 6.45) is 4.46. The van der Waals surface area contributed by atoms with Gasteiger partial charge in [0.25, 0.3) is 0 Å². The van der Waals surface area contributed by atoms with E-state index in [9.17, 15) is 14.8 Å². The molecule has 0 aromatic heterocycles. The zero-order valence-corrected chi connectivity index (χ0v) is 11.8. The minimum atomic E-state index is -1.18. The number of halogens is 1. The van der Waals surface area contributed by atoms with E-state index in [1.54, 1.807) is 12.1 Å². The molecule has 3 unspecified atom stereocenters. The summed E-state index contributed by atoms with van der Waals surface area (Å²) in [5.74, 6) is 0.243. The molecule has 0 radical (unpaired) electrons. The topological polar surface area (TPSA) is 44.0 Å². The van der Waals surface area contributed by atoms with E-state index in [0.717, 1.165) is 19.3 Å². The van der Waals surface area contributed by atoms with Crippen LogP contribution < -0.4 is 0 Å². The van der Waals surface area contributed by atoms with Crippen LogP contribution in [0.15, 0.2) is 18.2 Å². The van der Waals surface area contributed by atoms with Crippen LogP contribution in [0.5, 0.6) is 0 Å². The molecule has 3 atom stereocenters. The average Bonchev–Trinajstić information content (AvgIpc) is 3.04. The highest BCUT2D eigenvalue weighted by molar-refractivity contribution is 5.42. The number of nitriles is 1. The lowest BCUT2D eigenvalue weighted by atomic mass is 9.68. The predicted molar refractivity (Wildman–Crippen MR) is 74.3 cm³/mol. The molecule has 1 saturated carbocycles. The molecule has 20 heavy (non-hydrogen) atoms. The van der Waals surface area contributed by atoms with Crippen molar-refractivity contribution in [3.8, 4) is 6.07 Å². The Hall–Kier alpha value is -1.40. The second-order valence-electron chi connectivity index (χ2n) is 6.34. The standard InChI is InChI=1S/C17H20FNO/c1-2-12-6-8-16(10-12,11-19)17(20)9-7-13-14(17)4-3-5-15(13)18/h3-5,12,20H,2,6-10H2,1H3.